The summed E-state index contributed by atoms with van der Waals surface area (Å²) in [5.41, 5.74) is 1.09. The summed E-state index contributed by atoms with van der Waals surface area (Å²) in [7, 11) is 0. The maximum atomic E-state index is 12.8. The lowest BCUT2D eigenvalue weighted by Gasteiger charge is -2.32. The van der Waals surface area contributed by atoms with Crippen LogP contribution in [0.25, 0.3) is 0 Å². The molecule has 1 saturated heterocycles. The predicted octanol–water partition coefficient (Wildman–Crippen LogP) is 3.09. The molecule has 1 N–H and O–H groups in total. The maximum Gasteiger partial charge on any atom is 0.416 e. The fourth-order valence-electron chi connectivity index (χ4n) is 4.06. The summed E-state index contributed by atoms with van der Waals surface area (Å²) in [5, 5.41) is 12.0. The van der Waals surface area contributed by atoms with Crippen molar-refractivity contribution in [3.63, 3.8) is 0 Å². The van der Waals surface area contributed by atoms with Crippen LogP contribution in [0.2, 0.25) is 0 Å². The molecule has 2 aliphatic heterocycles. The molecule has 3 heterocycles. The second-order valence-electron chi connectivity index (χ2n) is 7.49. The third-order valence-electron chi connectivity index (χ3n) is 5.67. The van der Waals surface area contributed by atoms with E-state index in [1.165, 1.54) is 12.1 Å². The summed E-state index contributed by atoms with van der Waals surface area (Å²) >= 11 is 0. The molecule has 1 fully saturated rings. The first kappa shape index (κ1) is 18.4. The number of alkyl halides is 3. The van der Waals surface area contributed by atoms with Gasteiger partial charge >= 0.3 is 6.18 Å². The van der Waals surface area contributed by atoms with Gasteiger partial charge in [0.25, 0.3) is 0 Å². The largest absolute Gasteiger partial charge is 0.416 e. The van der Waals surface area contributed by atoms with Gasteiger partial charge in [0.15, 0.2) is 0 Å². The molecule has 27 heavy (non-hydrogen) atoms. The molecular weight excluding hydrogens is 355 g/mol. The van der Waals surface area contributed by atoms with Crippen LogP contribution in [0, 0.1) is 6.92 Å². The third kappa shape index (κ3) is 3.87. The van der Waals surface area contributed by atoms with Crippen molar-refractivity contribution in [2.75, 3.05) is 19.6 Å². The van der Waals surface area contributed by atoms with Gasteiger partial charge < -0.3 is 9.88 Å². The molecule has 2 aromatic rings. The number of nitrogens with zero attached hydrogens (tertiary/aromatic N) is 4. The van der Waals surface area contributed by atoms with Crippen LogP contribution in [0.1, 0.15) is 47.1 Å². The second kappa shape index (κ2) is 7.24. The number of fused-ring (bicyclic) bond motifs is 1. The lowest BCUT2D eigenvalue weighted by Crippen LogP contribution is -2.35. The number of benzene rings is 1. The van der Waals surface area contributed by atoms with Gasteiger partial charge in [0, 0.05) is 25.6 Å². The molecule has 8 heteroatoms. The smallest absolute Gasteiger partial charge is 0.312 e. The Kier molecular flexibility index (Phi) is 4.94. The van der Waals surface area contributed by atoms with E-state index in [1.54, 1.807) is 13.0 Å². The number of rotatable bonds is 3. The summed E-state index contributed by atoms with van der Waals surface area (Å²) in [5.74, 6) is 2.52. The van der Waals surface area contributed by atoms with Crippen LogP contribution in [0.15, 0.2) is 18.2 Å². The zero-order valence-electron chi connectivity index (χ0n) is 15.4. The van der Waals surface area contributed by atoms with E-state index in [-0.39, 0.29) is 0 Å². The summed E-state index contributed by atoms with van der Waals surface area (Å²) in [6.45, 7) is 6.94. The molecule has 0 radical (unpaired) electrons. The lowest BCUT2D eigenvalue weighted by molar-refractivity contribution is -0.137. The quantitative estimate of drug-likeness (QED) is 0.890. The average Bonchev–Trinajstić information content (AvgIpc) is 3.07. The second-order valence-corrected chi connectivity index (χ2v) is 7.49. The Balaban J connectivity index is 1.38. The van der Waals surface area contributed by atoms with Crippen LogP contribution in [0.3, 0.4) is 0 Å². The summed E-state index contributed by atoms with van der Waals surface area (Å²) < 4.78 is 40.7. The molecule has 0 atom stereocenters. The van der Waals surface area contributed by atoms with Gasteiger partial charge in [-0.3, -0.25) is 4.90 Å². The van der Waals surface area contributed by atoms with E-state index in [2.05, 4.69) is 25.0 Å². The molecule has 0 spiro atoms. The zero-order chi connectivity index (χ0) is 19.0. The Morgan fingerprint density at radius 2 is 1.93 bits per heavy atom. The van der Waals surface area contributed by atoms with Crippen molar-refractivity contribution in [3.05, 3.63) is 46.5 Å². The topological polar surface area (TPSA) is 46.0 Å². The number of hydrogen-bond acceptors (Lipinski definition) is 4. The zero-order valence-corrected chi connectivity index (χ0v) is 15.4. The fourth-order valence-corrected chi connectivity index (χ4v) is 4.06. The van der Waals surface area contributed by atoms with E-state index in [0.717, 1.165) is 62.8 Å². The highest BCUT2D eigenvalue weighted by Crippen LogP contribution is 2.32. The Morgan fingerprint density at radius 3 is 2.63 bits per heavy atom. The molecule has 0 bridgehead atoms. The Hall–Kier alpha value is -1.93. The highest BCUT2D eigenvalue weighted by Gasteiger charge is 2.31. The highest BCUT2D eigenvalue weighted by atomic mass is 19.4. The first-order valence-corrected chi connectivity index (χ1v) is 9.43. The molecule has 0 unspecified atom stereocenters. The molecule has 1 aromatic carbocycles. The van der Waals surface area contributed by atoms with Crippen molar-refractivity contribution in [1.29, 1.82) is 0 Å². The third-order valence-corrected chi connectivity index (χ3v) is 5.67. The first-order chi connectivity index (χ1) is 12.9. The molecule has 0 saturated carbocycles. The Morgan fingerprint density at radius 1 is 1.15 bits per heavy atom. The Bertz CT molecular complexity index is 806. The van der Waals surface area contributed by atoms with Gasteiger partial charge in [0.05, 0.1) is 12.1 Å². The molecule has 1 aromatic heterocycles. The molecule has 146 valence electrons. The number of likely N-dealkylation sites (tertiary alicyclic amines) is 1. The van der Waals surface area contributed by atoms with E-state index in [1.807, 2.05) is 0 Å². The average molecular weight is 379 g/mol. The number of aromatic nitrogens is 3. The van der Waals surface area contributed by atoms with E-state index in [4.69, 9.17) is 0 Å². The minimum atomic E-state index is -4.28. The Labute approximate surface area is 156 Å². The fraction of sp³-hybridized carbons (Fsp3) is 0.579. The van der Waals surface area contributed by atoms with Crippen LogP contribution < -0.4 is 5.32 Å². The van der Waals surface area contributed by atoms with Gasteiger partial charge in [-0.2, -0.15) is 13.2 Å². The van der Waals surface area contributed by atoms with Gasteiger partial charge in [-0.05, 0) is 56.1 Å². The van der Waals surface area contributed by atoms with Crippen molar-refractivity contribution in [2.45, 2.75) is 51.5 Å². The predicted molar refractivity (Wildman–Crippen MR) is 95.2 cm³/mol. The van der Waals surface area contributed by atoms with Crippen molar-refractivity contribution in [1.82, 2.24) is 25.0 Å². The summed E-state index contributed by atoms with van der Waals surface area (Å²) in [4.78, 5) is 2.32. The van der Waals surface area contributed by atoms with E-state index in [0.29, 0.717) is 18.0 Å². The minimum absolute atomic E-state index is 0.411. The number of aryl methyl sites for hydroxylation is 1. The molecular formula is C19H24F3N5. The highest BCUT2D eigenvalue weighted by molar-refractivity contribution is 5.32. The molecule has 0 aliphatic carbocycles. The van der Waals surface area contributed by atoms with Gasteiger partial charge in [-0.1, -0.05) is 6.07 Å². The summed E-state index contributed by atoms with van der Waals surface area (Å²) in [6.07, 6.45) is -2.27. The first-order valence-electron chi connectivity index (χ1n) is 9.43. The van der Waals surface area contributed by atoms with Crippen LogP contribution in [-0.4, -0.2) is 39.3 Å². The number of halogens is 3. The summed E-state index contributed by atoms with van der Waals surface area (Å²) in [6, 6.07) is 4.05. The number of hydrogen-bond donors (Lipinski definition) is 1. The SMILES string of the molecule is Cc1cc(C(F)(F)F)ccc1CN1CCC(c2nnc3n2CCNC3)CC1. The van der Waals surface area contributed by atoms with Crippen molar-refractivity contribution >= 4 is 0 Å². The van der Waals surface area contributed by atoms with Crippen molar-refractivity contribution in [2.24, 2.45) is 0 Å². The standard InChI is InChI=1S/C19H24F3N5/c1-13-10-16(19(20,21)22)3-2-15(13)12-26-7-4-14(5-8-26)18-25-24-17-11-23-6-9-27(17)18/h2-3,10,14,23H,4-9,11-12H2,1H3. The minimum Gasteiger partial charge on any atom is -0.312 e. The number of piperidine rings is 1. The van der Waals surface area contributed by atoms with Crippen molar-refractivity contribution < 1.29 is 13.2 Å². The van der Waals surface area contributed by atoms with Crippen LogP contribution in [0.4, 0.5) is 13.2 Å². The lowest BCUT2D eigenvalue weighted by atomic mass is 9.95. The number of nitrogens with one attached hydrogen (secondary N) is 1. The molecule has 2 aliphatic rings. The molecule has 4 rings (SSSR count). The van der Waals surface area contributed by atoms with Gasteiger partial charge in [-0.25, -0.2) is 0 Å². The van der Waals surface area contributed by atoms with Crippen LogP contribution in [-0.2, 0) is 25.8 Å². The maximum absolute atomic E-state index is 12.8. The van der Waals surface area contributed by atoms with E-state index < -0.39 is 11.7 Å². The van der Waals surface area contributed by atoms with E-state index >= 15 is 0 Å². The van der Waals surface area contributed by atoms with Gasteiger partial charge in [0.2, 0.25) is 0 Å². The normalized spacial score (nSPS) is 19.3. The molecule has 0 amide bonds. The monoisotopic (exact) mass is 379 g/mol. The van der Waals surface area contributed by atoms with E-state index in [9.17, 15) is 13.2 Å². The van der Waals surface area contributed by atoms with Crippen LogP contribution in [0.5, 0.6) is 0 Å². The van der Waals surface area contributed by atoms with Crippen LogP contribution >= 0.6 is 0 Å². The van der Waals surface area contributed by atoms with Gasteiger partial charge in [-0.15, -0.1) is 10.2 Å². The molecule has 5 nitrogen and oxygen atoms in total. The van der Waals surface area contributed by atoms with Gasteiger partial charge in [0.1, 0.15) is 11.6 Å². The van der Waals surface area contributed by atoms with Crippen molar-refractivity contribution in [3.8, 4) is 0 Å².